The lowest BCUT2D eigenvalue weighted by Gasteiger charge is -2.17. The van der Waals surface area contributed by atoms with Gasteiger partial charge in [0.2, 0.25) is 0 Å². The van der Waals surface area contributed by atoms with Gasteiger partial charge in [0.05, 0.1) is 13.1 Å². The van der Waals surface area contributed by atoms with Gasteiger partial charge in [0.15, 0.2) is 0 Å². The molecule has 58 valence electrons. The zero-order chi connectivity index (χ0) is 6.53. The van der Waals surface area contributed by atoms with Crippen LogP contribution in [0.1, 0.15) is 19.3 Å². The van der Waals surface area contributed by atoms with Crippen LogP contribution in [0.5, 0.6) is 0 Å². The Balaban J connectivity index is 0.000000810. The molecule has 4 nitrogen and oxygen atoms in total. The highest BCUT2D eigenvalue weighted by molar-refractivity contribution is 5.85. The van der Waals surface area contributed by atoms with E-state index in [1.807, 2.05) is 0 Å². The molecular formula is C5H11ClN4. The topological polar surface area (TPSA) is 52.0 Å². The van der Waals surface area contributed by atoms with Crippen LogP contribution < -0.4 is 0 Å². The Hall–Kier alpha value is -0.600. The average molecular weight is 163 g/mol. The highest BCUT2D eigenvalue weighted by atomic mass is 35.5. The van der Waals surface area contributed by atoms with E-state index >= 15 is 0 Å². The molecular weight excluding hydrogens is 152 g/mol. The second-order valence-corrected chi connectivity index (χ2v) is 2.19. The van der Waals surface area contributed by atoms with Crippen molar-refractivity contribution < 1.29 is 0 Å². The number of azide groups is 1. The summed E-state index contributed by atoms with van der Waals surface area (Å²) < 4.78 is 0. The maximum atomic E-state index is 8.04. The zero-order valence-electron chi connectivity index (χ0n) is 5.73. The van der Waals surface area contributed by atoms with Gasteiger partial charge in [-0.15, -0.1) is 17.9 Å². The molecule has 1 rings (SSSR count). The Kier molecular flexibility index (Phi) is 4.89. The molecule has 0 aliphatic carbocycles. The molecule has 10 heavy (non-hydrogen) atoms. The predicted octanol–water partition coefficient (Wildman–Crippen LogP) is 2.12. The molecule has 1 fully saturated rings. The van der Waals surface area contributed by atoms with Crippen LogP contribution in [0.15, 0.2) is 5.22 Å². The highest BCUT2D eigenvalue weighted by Crippen LogP contribution is 2.07. The normalized spacial score (nSPS) is 17.0. The number of hydrogen-bond acceptors (Lipinski definition) is 1. The van der Waals surface area contributed by atoms with E-state index in [0.29, 0.717) is 0 Å². The molecule has 0 aromatic rings. The Morgan fingerprint density at radius 2 is 1.80 bits per heavy atom. The Morgan fingerprint density at radius 3 is 2.30 bits per heavy atom. The second-order valence-electron chi connectivity index (χ2n) is 2.19. The molecule has 1 aliphatic heterocycles. The number of rotatable bonds is 1. The van der Waals surface area contributed by atoms with Crippen LogP contribution >= 0.6 is 12.4 Å². The summed E-state index contributed by atoms with van der Waals surface area (Å²) in [6.07, 6.45) is 3.61. The highest BCUT2D eigenvalue weighted by Gasteiger charge is 2.08. The fourth-order valence-electron chi connectivity index (χ4n) is 1.02. The lowest BCUT2D eigenvalue weighted by Crippen LogP contribution is -2.23. The molecule has 0 saturated carbocycles. The maximum Gasteiger partial charge on any atom is 0.0884 e. The van der Waals surface area contributed by atoms with Crippen LogP contribution in [-0.2, 0) is 0 Å². The molecule has 0 bridgehead atoms. The van der Waals surface area contributed by atoms with Gasteiger partial charge in [0.25, 0.3) is 0 Å². The van der Waals surface area contributed by atoms with Crippen LogP contribution in [0.25, 0.3) is 10.4 Å². The van der Waals surface area contributed by atoms with Gasteiger partial charge in [-0.05, 0) is 24.5 Å². The lowest BCUT2D eigenvalue weighted by atomic mass is 10.2. The molecule has 1 heterocycles. The van der Waals surface area contributed by atoms with Gasteiger partial charge in [0.1, 0.15) is 0 Å². The molecule has 0 aromatic heterocycles. The molecule has 0 radical (unpaired) electrons. The zero-order valence-corrected chi connectivity index (χ0v) is 6.55. The fraction of sp³-hybridized carbons (Fsp3) is 1.00. The third kappa shape index (κ3) is 2.80. The summed E-state index contributed by atoms with van der Waals surface area (Å²) >= 11 is 0. The Morgan fingerprint density at radius 1 is 1.20 bits per heavy atom. The average Bonchev–Trinajstić information content (AvgIpc) is 1.91. The van der Waals surface area contributed by atoms with Gasteiger partial charge in [-0.25, -0.2) is 5.01 Å². The third-order valence-electron chi connectivity index (χ3n) is 1.50. The molecule has 1 saturated heterocycles. The molecule has 0 unspecified atom stereocenters. The summed E-state index contributed by atoms with van der Waals surface area (Å²) in [5, 5.41) is 5.28. The van der Waals surface area contributed by atoms with Gasteiger partial charge >= 0.3 is 0 Å². The van der Waals surface area contributed by atoms with Crippen LogP contribution in [0, 0.1) is 0 Å². The van der Waals surface area contributed by atoms with Crippen molar-refractivity contribution in [2.75, 3.05) is 13.1 Å². The van der Waals surface area contributed by atoms with Crippen molar-refractivity contribution in [2.45, 2.75) is 19.3 Å². The summed E-state index contributed by atoms with van der Waals surface area (Å²) in [4.78, 5) is 2.71. The maximum absolute atomic E-state index is 8.04. The van der Waals surface area contributed by atoms with Crippen molar-refractivity contribution in [3.8, 4) is 0 Å². The van der Waals surface area contributed by atoms with Crippen LogP contribution in [-0.4, -0.2) is 18.1 Å². The van der Waals surface area contributed by atoms with Crippen molar-refractivity contribution in [2.24, 2.45) is 5.22 Å². The van der Waals surface area contributed by atoms with Crippen LogP contribution in [0.3, 0.4) is 0 Å². The molecule has 0 spiro atoms. The first-order valence-electron chi connectivity index (χ1n) is 3.23. The number of hydrogen-bond donors (Lipinski definition) is 0. The molecule has 0 amide bonds. The van der Waals surface area contributed by atoms with Gasteiger partial charge in [-0.3, -0.25) is 0 Å². The van der Waals surface area contributed by atoms with E-state index in [4.69, 9.17) is 5.53 Å². The number of nitrogens with zero attached hydrogens (tertiary/aromatic N) is 4. The first kappa shape index (κ1) is 9.40. The van der Waals surface area contributed by atoms with Crippen molar-refractivity contribution in [1.29, 1.82) is 0 Å². The molecule has 0 aromatic carbocycles. The summed E-state index contributed by atoms with van der Waals surface area (Å²) in [5.74, 6) is 0. The third-order valence-corrected chi connectivity index (χ3v) is 1.50. The molecule has 0 atom stereocenters. The van der Waals surface area contributed by atoms with Gasteiger partial charge < -0.3 is 0 Å². The van der Waals surface area contributed by atoms with Gasteiger partial charge in [0, 0.05) is 0 Å². The van der Waals surface area contributed by atoms with Gasteiger partial charge in [-0.1, -0.05) is 0 Å². The van der Waals surface area contributed by atoms with Crippen molar-refractivity contribution in [3.63, 3.8) is 0 Å². The minimum Gasteiger partial charge on any atom is -0.248 e. The van der Waals surface area contributed by atoms with Crippen molar-refractivity contribution >= 4 is 12.4 Å². The molecule has 1 aliphatic rings. The number of halogens is 1. The van der Waals surface area contributed by atoms with E-state index in [1.54, 1.807) is 5.01 Å². The van der Waals surface area contributed by atoms with Crippen molar-refractivity contribution in [3.05, 3.63) is 10.4 Å². The lowest BCUT2D eigenvalue weighted by molar-refractivity contribution is 0.235. The minimum atomic E-state index is 0. The van der Waals surface area contributed by atoms with E-state index in [2.05, 4.69) is 10.1 Å². The largest absolute Gasteiger partial charge is 0.248 e. The summed E-state index contributed by atoms with van der Waals surface area (Å²) in [6.45, 7) is 1.87. The quantitative estimate of drug-likeness (QED) is 0.331. The van der Waals surface area contributed by atoms with E-state index in [9.17, 15) is 0 Å². The van der Waals surface area contributed by atoms with Gasteiger partial charge in [-0.2, -0.15) is 4.91 Å². The first-order valence-corrected chi connectivity index (χ1v) is 3.23. The molecule has 0 N–H and O–H groups in total. The van der Waals surface area contributed by atoms with E-state index in [-0.39, 0.29) is 12.4 Å². The second kappa shape index (κ2) is 5.21. The van der Waals surface area contributed by atoms with Crippen LogP contribution in [0.4, 0.5) is 0 Å². The monoisotopic (exact) mass is 162 g/mol. The molecule has 5 heteroatoms. The Bertz CT molecular complexity index is 126. The van der Waals surface area contributed by atoms with Crippen molar-refractivity contribution in [1.82, 2.24) is 5.01 Å². The van der Waals surface area contributed by atoms with E-state index < -0.39 is 0 Å². The number of piperidine rings is 1. The SMILES string of the molecule is Cl.[N-]=[N+]=NN1CCCCC1. The summed E-state index contributed by atoms with van der Waals surface area (Å²) in [5.41, 5.74) is 8.04. The van der Waals surface area contributed by atoms with Crippen LogP contribution in [0.2, 0.25) is 0 Å². The minimum absolute atomic E-state index is 0. The Labute approximate surface area is 66.2 Å². The van der Waals surface area contributed by atoms with E-state index in [1.165, 1.54) is 19.3 Å². The summed E-state index contributed by atoms with van der Waals surface area (Å²) in [7, 11) is 0. The standard InChI is InChI=1S/C5H10N4.ClH/c6-7-8-9-4-2-1-3-5-9;/h1-5H2;1H. The predicted molar refractivity (Wildman–Crippen MR) is 41.8 cm³/mol. The summed E-state index contributed by atoms with van der Waals surface area (Å²) in [6, 6.07) is 0. The fourth-order valence-corrected chi connectivity index (χ4v) is 1.02. The smallest absolute Gasteiger partial charge is 0.0884 e. The van der Waals surface area contributed by atoms with E-state index in [0.717, 1.165) is 13.1 Å². The first-order chi connectivity index (χ1) is 4.43.